The van der Waals surface area contributed by atoms with Gasteiger partial charge in [-0.25, -0.2) is 0 Å². The smallest absolute Gasteiger partial charge is 0.0246 e. The summed E-state index contributed by atoms with van der Waals surface area (Å²) >= 11 is 0. The van der Waals surface area contributed by atoms with Crippen molar-refractivity contribution in [3.63, 3.8) is 0 Å². The van der Waals surface area contributed by atoms with Crippen molar-refractivity contribution in [1.29, 1.82) is 0 Å². The molecule has 1 rings (SSSR count). The van der Waals surface area contributed by atoms with Gasteiger partial charge in [0.05, 0.1) is 0 Å². The van der Waals surface area contributed by atoms with E-state index < -0.39 is 0 Å². The lowest BCUT2D eigenvalue weighted by atomic mass is 9.96. The zero-order valence-electron chi connectivity index (χ0n) is 12.9. The highest BCUT2D eigenvalue weighted by Gasteiger charge is 2.25. The number of piperidine rings is 1. The van der Waals surface area contributed by atoms with Crippen LogP contribution in [0.1, 0.15) is 71.6 Å². The molecule has 0 saturated carbocycles. The summed E-state index contributed by atoms with van der Waals surface area (Å²) in [5.41, 5.74) is 0. The molecule has 2 unspecified atom stereocenters. The lowest BCUT2D eigenvalue weighted by Crippen LogP contribution is -2.50. The summed E-state index contributed by atoms with van der Waals surface area (Å²) in [5.74, 6) is 0. The SMILES string of the molecule is CCCCCCCCN1CCCCC1C(C)NC. The molecule has 2 heteroatoms. The number of nitrogens with one attached hydrogen (secondary N) is 1. The van der Waals surface area contributed by atoms with E-state index in [9.17, 15) is 0 Å². The minimum atomic E-state index is 0.644. The molecule has 18 heavy (non-hydrogen) atoms. The lowest BCUT2D eigenvalue weighted by molar-refractivity contribution is 0.119. The van der Waals surface area contributed by atoms with Gasteiger partial charge in [-0.3, -0.25) is 4.90 Å². The van der Waals surface area contributed by atoms with E-state index in [4.69, 9.17) is 0 Å². The van der Waals surface area contributed by atoms with E-state index in [1.807, 2.05) is 0 Å². The fraction of sp³-hybridized carbons (Fsp3) is 1.00. The van der Waals surface area contributed by atoms with Crippen molar-refractivity contribution >= 4 is 0 Å². The van der Waals surface area contributed by atoms with Crippen LogP contribution in [0.25, 0.3) is 0 Å². The lowest BCUT2D eigenvalue weighted by Gasteiger charge is -2.39. The van der Waals surface area contributed by atoms with E-state index in [2.05, 4.69) is 31.1 Å². The van der Waals surface area contributed by atoms with Gasteiger partial charge in [-0.05, 0) is 46.3 Å². The van der Waals surface area contributed by atoms with Gasteiger partial charge in [0.2, 0.25) is 0 Å². The van der Waals surface area contributed by atoms with E-state index in [1.54, 1.807) is 0 Å². The molecule has 1 aliphatic heterocycles. The molecule has 1 aliphatic rings. The van der Waals surface area contributed by atoms with Crippen molar-refractivity contribution in [3.05, 3.63) is 0 Å². The van der Waals surface area contributed by atoms with Gasteiger partial charge >= 0.3 is 0 Å². The molecular weight excluding hydrogens is 220 g/mol. The minimum Gasteiger partial charge on any atom is -0.316 e. The summed E-state index contributed by atoms with van der Waals surface area (Å²) in [6, 6.07) is 1.42. The van der Waals surface area contributed by atoms with E-state index in [0.717, 1.165) is 6.04 Å². The summed E-state index contributed by atoms with van der Waals surface area (Å²) in [4.78, 5) is 2.74. The predicted octanol–water partition coefficient (Wildman–Crippen LogP) is 3.81. The molecule has 0 aliphatic carbocycles. The molecule has 1 N–H and O–H groups in total. The Balaban J connectivity index is 2.17. The van der Waals surface area contributed by atoms with E-state index in [-0.39, 0.29) is 0 Å². The summed E-state index contributed by atoms with van der Waals surface area (Å²) in [6.07, 6.45) is 12.7. The van der Waals surface area contributed by atoms with Crippen LogP contribution in [-0.4, -0.2) is 37.1 Å². The number of unbranched alkanes of at least 4 members (excludes halogenated alkanes) is 5. The van der Waals surface area contributed by atoms with Crippen LogP contribution in [0.4, 0.5) is 0 Å². The predicted molar refractivity (Wildman–Crippen MR) is 81.1 cm³/mol. The minimum absolute atomic E-state index is 0.644. The Morgan fingerprint density at radius 2 is 1.83 bits per heavy atom. The molecule has 1 saturated heterocycles. The number of hydrogen-bond donors (Lipinski definition) is 1. The molecule has 0 amide bonds. The summed E-state index contributed by atoms with van der Waals surface area (Å²) in [7, 11) is 2.10. The van der Waals surface area contributed by atoms with Gasteiger partial charge in [-0.15, -0.1) is 0 Å². The van der Waals surface area contributed by atoms with Crippen molar-refractivity contribution in [1.82, 2.24) is 10.2 Å². The van der Waals surface area contributed by atoms with Gasteiger partial charge in [0, 0.05) is 12.1 Å². The number of rotatable bonds is 9. The molecule has 0 bridgehead atoms. The third-order valence-electron chi connectivity index (χ3n) is 4.50. The highest BCUT2D eigenvalue weighted by atomic mass is 15.2. The highest BCUT2D eigenvalue weighted by Crippen LogP contribution is 2.20. The van der Waals surface area contributed by atoms with Crippen molar-refractivity contribution in [2.45, 2.75) is 83.7 Å². The Morgan fingerprint density at radius 3 is 2.56 bits per heavy atom. The maximum atomic E-state index is 3.44. The Labute approximate surface area is 115 Å². The van der Waals surface area contributed by atoms with Gasteiger partial charge in [-0.2, -0.15) is 0 Å². The molecule has 0 aromatic rings. The normalized spacial score (nSPS) is 23.2. The molecule has 2 atom stereocenters. The molecular formula is C16H34N2. The summed E-state index contributed by atoms with van der Waals surface area (Å²) < 4.78 is 0. The number of hydrogen-bond acceptors (Lipinski definition) is 2. The zero-order chi connectivity index (χ0) is 13.2. The van der Waals surface area contributed by atoms with Crippen LogP contribution in [0, 0.1) is 0 Å². The van der Waals surface area contributed by atoms with Gasteiger partial charge in [0.15, 0.2) is 0 Å². The Kier molecular flexibility index (Phi) is 8.70. The van der Waals surface area contributed by atoms with E-state index >= 15 is 0 Å². The monoisotopic (exact) mass is 254 g/mol. The third-order valence-corrected chi connectivity index (χ3v) is 4.50. The average molecular weight is 254 g/mol. The fourth-order valence-electron chi connectivity index (χ4n) is 3.15. The zero-order valence-corrected chi connectivity index (χ0v) is 12.9. The maximum absolute atomic E-state index is 3.44. The fourth-order valence-corrected chi connectivity index (χ4v) is 3.15. The first-order valence-electron chi connectivity index (χ1n) is 8.21. The van der Waals surface area contributed by atoms with Crippen LogP contribution in [0.2, 0.25) is 0 Å². The van der Waals surface area contributed by atoms with Crippen molar-refractivity contribution in [3.8, 4) is 0 Å². The summed E-state index contributed by atoms with van der Waals surface area (Å²) in [6.45, 7) is 7.27. The topological polar surface area (TPSA) is 15.3 Å². The van der Waals surface area contributed by atoms with E-state index in [0.29, 0.717) is 6.04 Å². The van der Waals surface area contributed by atoms with E-state index in [1.165, 1.54) is 70.9 Å². The van der Waals surface area contributed by atoms with Gasteiger partial charge in [-0.1, -0.05) is 45.4 Å². The molecule has 108 valence electrons. The number of likely N-dealkylation sites (tertiary alicyclic amines) is 1. The van der Waals surface area contributed by atoms with Crippen LogP contribution >= 0.6 is 0 Å². The van der Waals surface area contributed by atoms with Crippen LogP contribution in [-0.2, 0) is 0 Å². The van der Waals surface area contributed by atoms with Crippen LogP contribution < -0.4 is 5.32 Å². The Morgan fingerprint density at radius 1 is 1.11 bits per heavy atom. The quantitative estimate of drug-likeness (QED) is 0.629. The van der Waals surface area contributed by atoms with Crippen molar-refractivity contribution < 1.29 is 0 Å². The van der Waals surface area contributed by atoms with Crippen molar-refractivity contribution in [2.75, 3.05) is 20.1 Å². The largest absolute Gasteiger partial charge is 0.316 e. The van der Waals surface area contributed by atoms with Crippen LogP contribution in [0.5, 0.6) is 0 Å². The molecule has 0 radical (unpaired) electrons. The van der Waals surface area contributed by atoms with Gasteiger partial charge in [0.1, 0.15) is 0 Å². The maximum Gasteiger partial charge on any atom is 0.0246 e. The second kappa shape index (κ2) is 9.80. The second-order valence-corrected chi connectivity index (χ2v) is 5.94. The number of nitrogens with zero attached hydrogens (tertiary/aromatic N) is 1. The highest BCUT2D eigenvalue weighted by molar-refractivity contribution is 4.84. The van der Waals surface area contributed by atoms with Crippen molar-refractivity contribution in [2.24, 2.45) is 0 Å². The third kappa shape index (κ3) is 5.71. The summed E-state index contributed by atoms with van der Waals surface area (Å²) in [5, 5.41) is 3.44. The first-order chi connectivity index (χ1) is 8.79. The number of likely N-dealkylation sites (N-methyl/N-ethyl adjacent to an activating group) is 1. The molecule has 1 fully saturated rings. The average Bonchev–Trinajstić information content (AvgIpc) is 2.42. The molecule has 2 nitrogen and oxygen atoms in total. The van der Waals surface area contributed by atoms with Gasteiger partial charge in [0.25, 0.3) is 0 Å². The molecule has 0 aromatic carbocycles. The first kappa shape index (κ1) is 16.0. The first-order valence-corrected chi connectivity index (χ1v) is 8.21. The molecule has 0 aromatic heterocycles. The molecule has 0 spiro atoms. The van der Waals surface area contributed by atoms with Gasteiger partial charge < -0.3 is 5.32 Å². The Bertz CT molecular complexity index is 194. The van der Waals surface area contributed by atoms with Crippen LogP contribution in [0.3, 0.4) is 0 Å². The standard InChI is InChI=1S/C16H34N2/c1-4-5-6-7-8-10-13-18-14-11-9-12-16(18)15(2)17-3/h15-17H,4-14H2,1-3H3. The Hall–Kier alpha value is -0.0800. The molecule has 1 heterocycles. The second-order valence-electron chi connectivity index (χ2n) is 5.94. The van der Waals surface area contributed by atoms with Crippen LogP contribution in [0.15, 0.2) is 0 Å².